The van der Waals surface area contributed by atoms with Gasteiger partial charge in [-0.3, -0.25) is 14.5 Å². The van der Waals surface area contributed by atoms with E-state index in [2.05, 4.69) is 35.0 Å². The molecule has 0 spiro atoms. The van der Waals surface area contributed by atoms with Crippen LogP contribution in [0.15, 0.2) is 65.7 Å². The third kappa shape index (κ3) is 4.32. The summed E-state index contributed by atoms with van der Waals surface area (Å²) in [7, 11) is 0. The summed E-state index contributed by atoms with van der Waals surface area (Å²) in [5.74, 6) is -1.03. The summed E-state index contributed by atoms with van der Waals surface area (Å²) < 4.78 is 2.66. The Hall–Kier alpha value is -2.90. The highest BCUT2D eigenvalue weighted by molar-refractivity contribution is 8.26. The smallest absolute Gasteiger partial charge is 0.303 e. The van der Waals surface area contributed by atoms with Gasteiger partial charge in [0, 0.05) is 42.2 Å². The molecule has 152 valence electrons. The molecule has 7 heteroatoms. The molecule has 5 nitrogen and oxygen atoms in total. The molecule has 0 radical (unpaired) electrons. The number of thiocarbonyl (C=S) groups is 1. The minimum atomic E-state index is -0.873. The number of carbonyl (C=O) groups is 2. The van der Waals surface area contributed by atoms with E-state index in [4.69, 9.17) is 17.3 Å². The number of aliphatic carboxylic acids is 1. The zero-order chi connectivity index (χ0) is 21.1. The third-order valence-corrected chi connectivity index (χ3v) is 6.33. The first-order chi connectivity index (χ1) is 14.5. The van der Waals surface area contributed by atoms with E-state index in [1.54, 1.807) is 0 Å². The summed E-state index contributed by atoms with van der Waals surface area (Å²) in [4.78, 5) is 25.6. The standard InChI is InChI=1S/C23H20N2O3S2/c26-21(27)11-6-12-25-22(28)20(30-23(25)29)13-17-15-24(14-16-7-2-1-3-8-16)19-10-5-4-9-18(17)19/h1-5,7-10,13,15H,6,11-12,14H2,(H,26,27)/b20-13-. The van der Waals surface area contributed by atoms with Gasteiger partial charge in [-0.1, -0.05) is 72.5 Å². The van der Waals surface area contributed by atoms with Gasteiger partial charge in [0.1, 0.15) is 4.32 Å². The van der Waals surface area contributed by atoms with E-state index in [1.165, 1.54) is 22.2 Å². The number of para-hydroxylation sites is 1. The fourth-order valence-electron chi connectivity index (χ4n) is 3.52. The summed E-state index contributed by atoms with van der Waals surface area (Å²) in [5, 5.41) is 9.89. The number of carbonyl (C=O) groups excluding carboxylic acids is 1. The van der Waals surface area contributed by atoms with Gasteiger partial charge >= 0.3 is 5.97 Å². The average Bonchev–Trinajstić information content (AvgIpc) is 3.21. The molecule has 2 aromatic carbocycles. The Morgan fingerprint density at radius 1 is 1.10 bits per heavy atom. The van der Waals surface area contributed by atoms with Crippen molar-refractivity contribution < 1.29 is 14.7 Å². The highest BCUT2D eigenvalue weighted by Crippen LogP contribution is 2.34. The van der Waals surface area contributed by atoms with Gasteiger partial charge in [0.05, 0.1) is 4.91 Å². The zero-order valence-electron chi connectivity index (χ0n) is 16.2. The molecule has 0 unspecified atom stereocenters. The Balaban J connectivity index is 1.62. The molecule has 0 atom stereocenters. The van der Waals surface area contributed by atoms with Gasteiger partial charge < -0.3 is 9.67 Å². The maximum absolute atomic E-state index is 12.8. The summed E-state index contributed by atoms with van der Waals surface area (Å²) in [6.45, 7) is 1.06. The normalized spacial score (nSPS) is 15.5. The lowest BCUT2D eigenvalue weighted by molar-refractivity contribution is -0.137. The second-order valence-electron chi connectivity index (χ2n) is 7.05. The lowest BCUT2D eigenvalue weighted by atomic mass is 10.1. The number of hydrogen-bond acceptors (Lipinski definition) is 4. The second kappa shape index (κ2) is 8.85. The Morgan fingerprint density at radius 3 is 2.60 bits per heavy atom. The van der Waals surface area contributed by atoms with Crippen molar-refractivity contribution >= 4 is 57.2 Å². The quantitative estimate of drug-likeness (QED) is 0.428. The monoisotopic (exact) mass is 436 g/mol. The average molecular weight is 437 g/mol. The minimum Gasteiger partial charge on any atom is -0.481 e. The van der Waals surface area contributed by atoms with Crippen LogP contribution in [0.3, 0.4) is 0 Å². The van der Waals surface area contributed by atoms with Gasteiger partial charge in [-0.15, -0.1) is 0 Å². The summed E-state index contributed by atoms with van der Waals surface area (Å²) in [6.07, 6.45) is 4.35. The van der Waals surface area contributed by atoms with Crippen LogP contribution in [-0.2, 0) is 16.1 Å². The molecule has 1 N–H and O–H groups in total. The maximum atomic E-state index is 12.8. The lowest BCUT2D eigenvalue weighted by Gasteiger charge is -2.13. The van der Waals surface area contributed by atoms with Crippen LogP contribution in [-0.4, -0.2) is 37.3 Å². The van der Waals surface area contributed by atoms with Crippen LogP contribution in [0, 0.1) is 0 Å². The number of nitrogens with zero attached hydrogens (tertiary/aromatic N) is 2. The number of amides is 1. The summed E-state index contributed by atoms with van der Waals surface area (Å²) in [6, 6.07) is 18.4. The molecule has 1 aliphatic rings. The number of thioether (sulfide) groups is 1. The SMILES string of the molecule is O=C(O)CCCN1C(=O)/C(=C/c2cn(Cc3ccccc3)c3ccccc23)SC1=S. The van der Waals surface area contributed by atoms with Gasteiger partial charge in [0.15, 0.2) is 0 Å². The van der Waals surface area contributed by atoms with Crippen molar-refractivity contribution in [1.29, 1.82) is 0 Å². The van der Waals surface area contributed by atoms with Crippen molar-refractivity contribution in [3.63, 3.8) is 0 Å². The highest BCUT2D eigenvalue weighted by Gasteiger charge is 2.31. The number of rotatable bonds is 7. The lowest BCUT2D eigenvalue weighted by Crippen LogP contribution is -2.29. The molecule has 0 saturated carbocycles. The van der Waals surface area contributed by atoms with Gasteiger partial charge in [-0.25, -0.2) is 0 Å². The first kappa shape index (κ1) is 20.4. The number of fused-ring (bicyclic) bond motifs is 1. The molecule has 3 aromatic rings. The van der Waals surface area contributed by atoms with Crippen molar-refractivity contribution in [1.82, 2.24) is 9.47 Å². The minimum absolute atomic E-state index is 0.0169. The number of hydrogen-bond donors (Lipinski definition) is 1. The van der Waals surface area contributed by atoms with E-state index >= 15 is 0 Å². The van der Waals surface area contributed by atoms with Crippen LogP contribution < -0.4 is 0 Å². The van der Waals surface area contributed by atoms with Crippen molar-refractivity contribution in [3.05, 3.63) is 76.8 Å². The molecular weight excluding hydrogens is 416 g/mol. The van der Waals surface area contributed by atoms with Gasteiger partial charge in [0.2, 0.25) is 0 Å². The van der Waals surface area contributed by atoms with Gasteiger partial charge in [-0.2, -0.15) is 0 Å². The summed E-state index contributed by atoms with van der Waals surface area (Å²) >= 11 is 6.62. The molecule has 30 heavy (non-hydrogen) atoms. The van der Waals surface area contributed by atoms with E-state index < -0.39 is 5.97 Å². The van der Waals surface area contributed by atoms with Crippen LogP contribution in [0.4, 0.5) is 0 Å². The fraction of sp³-hybridized carbons (Fsp3) is 0.174. The van der Waals surface area contributed by atoms with Crippen molar-refractivity contribution in [2.75, 3.05) is 6.54 Å². The number of carboxylic acid groups (broad SMARTS) is 1. The van der Waals surface area contributed by atoms with E-state index in [-0.39, 0.29) is 12.3 Å². The van der Waals surface area contributed by atoms with Crippen molar-refractivity contribution in [2.45, 2.75) is 19.4 Å². The predicted molar refractivity (Wildman–Crippen MR) is 124 cm³/mol. The Labute approximate surface area is 184 Å². The van der Waals surface area contributed by atoms with E-state index in [9.17, 15) is 9.59 Å². The van der Waals surface area contributed by atoms with E-state index in [0.717, 1.165) is 23.0 Å². The van der Waals surface area contributed by atoms with Gasteiger partial charge in [0.25, 0.3) is 5.91 Å². The Morgan fingerprint density at radius 2 is 1.83 bits per heavy atom. The molecule has 0 aliphatic carbocycles. The van der Waals surface area contributed by atoms with Crippen molar-refractivity contribution in [3.8, 4) is 0 Å². The predicted octanol–water partition coefficient (Wildman–Crippen LogP) is 4.76. The van der Waals surface area contributed by atoms with Crippen LogP contribution in [0.1, 0.15) is 24.0 Å². The number of aromatic nitrogens is 1. The molecular formula is C23H20N2O3S2. The Bertz CT molecular complexity index is 1150. The molecule has 1 amide bonds. The van der Waals surface area contributed by atoms with Crippen molar-refractivity contribution in [2.24, 2.45) is 0 Å². The maximum Gasteiger partial charge on any atom is 0.303 e. The summed E-state index contributed by atoms with van der Waals surface area (Å²) in [5.41, 5.74) is 3.27. The molecule has 1 aromatic heterocycles. The van der Waals surface area contributed by atoms with E-state index in [1.807, 2.05) is 36.4 Å². The molecule has 1 fully saturated rings. The Kier molecular flexibility index (Phi) is 6.01. The molecule has 4 rings (SSSR count). The topological polar surface area (TPSA) is 62.5 Å². The van der Waals surface area contributed by atoms with Crippen LogP contribution >= 0.6 is 24.0 Å². The zero-order valence-corrected chi connectivity index (χ0v) is 17.8. The van der Waals surface area contributed by atoms with Gasteiger partial charge in [-0.05, 0) is 24.1 Å². The molecule has 2 heterocycles. The number of benzene rings is 2. The van der Waals surface area contributed by atoms with E-state index in [0.29, 0.717) is 22.2 Å². The van der Waals surface area contributed by atoms with Crippen LogP contribution in [0.25, 0.3) is 17.0 Å². The van der Waals surface area contributed by atoms with Crippen LogP contribution in [0.2, 0.25) is 0 Å². The third-order valence-electron chi connectivity index (χ3n) is 4.95. The number of carboxylic acids is 1. The fourth-order valence-corrected chi connectivity index (χ4v) is 4.82. The largest absolute Gasteiger partial charge is 0.481 e. The molecule has 1 saturated heterocycles. The first-order valence-electron chi connectivity index (χ1n) is 9.62. The molecule has 1 aliphatic heterocycles. The second-order valence-corrected chi connectivity index (χ2v) is 8.72. The molecule has 0 bridgehead atoms. The first-order valence-corrected chi connectivity index (χ1v) is 10.8. The highest BCUT2D eigenvalue weighted by atomic mass is 32.2. The van der Waals surface area contributed by atoms with Crippen LogP contribution in [0.5, 0.6) is 0 Å².